The van der Waals surface area contributed by atoms with Crippen molar-refractivity contribution in [1.29, 1.82) is 0 Å². The van der Waals surface area contributed by atoms with Crippen LogP contribution in [0.5, 0.6) is 11.5 Å². The van der Waals surface area contributed by atoms with Gasteiger partial charge in [0.2, 0.25) is 0 Å². The third-order valence-corrected chi connectivity index (χ3v) is 3.30. The van der Waals surface area contributed by atoms with Crippen LogP contribution in [0.1, 0.15) is 22.7 Å². The molecule has 0 radical (unpaired) electrons. The van der Waals surface area contributed by atoms with Gasteiger partial charge in [-0.05, 0) is 36.2 Å². The van der Waals surface area contributed by atoms with Crippen LogP contribution in [0.2, 0.25) is 0 Å². The summed E-state index contributed by atoms with van der Waals surface area (Å²) in [6, 6.07) is 7.29. The second-order valence-electron chi connectivity index (χ2n) is 4.70. The zero-order chi connectivity index (χ0) is 15.4. The lowest BCUT2D eigenvalue weighted by molar-refractivity contribution is 0.354. The predicted octanol–water partition coefficient (Wildman–Crippen LogP) is 1.54. The van der Waals surface area contributed by atoms with Gasteiger partial charge in [-0.3, -0.25) is 5.84 Å². The summed E-state index contributed by atoms with van der Waals surface area (Å²) in [6.07, 6.45) is 1.72. The zero-order valence-electron chi connectivity index (χ0n) is 12.4. The number of rotatable bonds is 5. The number of hydrogen-bond donors (Lipinski definition) is 3. The second kappa shape index (κ2) is 6.43. The Labute approximate surface area is 124 Å². The lowest BCUT2D eigenvalue weighted by atomic mass is 9.98. The van der Waals surface area contributed by atoms with E-state index in [1.54, 1.807) is 20.4 Å². The van der Waals surface area contributed by atoms with E-state index in [1.165, 1.54) is 0 Å². The minimum absolute atomic E-state index is 0.280. The molecule has 1 unspecified atom stereocenters. The van der Waals surface area contributed by atoms with Crippen molar-refractivity contribution < 1.29 is 9.47 Å². The van der Waals surface area contributed by atoms with Crippen molar-refractivity contribution in [3.05, 3.63) is 47.2 Å². The number of aromatic nitrogens is 1. The largest absolute Gasteiger partial charge is 0.493 e. The maximum Gasteiger partial charge on any atom is 0.161 e. The average molecular weight is 288 g/mol. The van der Waals surface area contributed by atoms with Crippen molar-refractivity contribution in [2.75, 3.05) is 20.0 Å². The van der Waals surface area contributed by atoms with Gasteiger partial charge in [-0.25, -0.2) is 10.4 Å². The fourth-order valence-electron chi connectivity index (χ4n) is 2.23. The molecule has 6 heteroatoms. The summed E-state index contributed by atoms with van der Waals surface area (Å²) in [4.78, 5) is 4.18. The standard InChI is InChI=1S/C15H20N4O2/c1-9-6-11(15(16)18-8-9)14(19-17)10-4-5-12(20-2)13(7-10)21-3/h4-8,14,19H,17H2,1-3H3,(H2,16,18). The second-order valence-corrected chi connectivity index (χ2v) is 4.70. The van der Waals surface area contributed by atoms with Crippen molar-refractivity contribution in [1.82, 2.24) is 10.4 Å². The topological polar surface area (TPSA) is 95.4 Å². The minimum Gasteiger partial charge on any atom is -0.493 e. The number of hydrazine groups is 1. The molecular weight excluding hydrogens is 268 g/mol. The van der Waals surface area contributed by atoms with Crippen LogP contribution in [0.3, 0.4) is 0 Å². The Morgan fingerprint density at radius 1 is 1.14 bits per heavy atom. The molecule has 112 valence electrons. The summed E-state index contributed by atoms with van der Waals surface area (Å²) < 4.78 is 10.6. The molecule has 2 aromatic rings. The summed E-state index contributed by atoms with van der Waals surface area (Å²) in [5.41, 5.74) is 11.5. The molecule has 0 spiro atoms. The molecule has 0 amide bonds. The Kier molecular flexibility index (Phi) is 4.62. The van der Waals surface area contributed by atoms with E-state index in [1.807, 2.05) is 31.2 Å². The van der Waals surface area contributed by atoms with E-state index in [0.29, 0.717) is 17.3 Å². The summed E-state index contributed by atoms with van der Waals surface area (Å²) >= 11 is 0. The highest BCUT2D eigenvalue weighted by Crippen LogP contribution is 2.33. The molecule has 1 aromatic carbocycles. The maximum absolute atomic E-state index is 5.97. The normalized spacial score (nSPS) is 12.0. The Balaban J connectivity index is 2.48. The first-order chi connectivity index (χ1) is 10.1. The summed E-state index contributed by atoms with van der Waals surface area (Å²) in [5, 5.41) is 0. The molecule has 5 N–H and O–H groups in total. The van der Waals surface area contributed by atoms with Gasteiger partial charge in [0.15, 0.2) is 11.5 Å². The van der Waals surface area contributed by atoms with Crippen molar-refractivity contribution >= 4 is 5.82 Å². The Morgan fingerprint density at radius 3 is 2.48 bits per heavy atom. The van der Waals surface area contributed by atoms with E-state index in [2.05, 4.69) is 10.4 Å². The summed E-state index contributed by atoms with van der Waals surface area (Å²) in [7, 11) is 3.19. The highest BCUT2D eigenvalue weighted by atomic mass is 16.5. The van der Waals surface area contributed by atoms with Crippen molar-refractivity contribution in [3.8, 4) is 11.5 Å². The van der Waals surface area contributed by atoms with Gasteiger partial charge in [0.1, 0.15) is 5.82 Å². The van der Waals surface area contributed by atoms with E-state index in [4.69, 9.17) is 21.1 Å². The first kappa shape index (κ1) is 15.1. The SMILES string of the molecule is COc1ccc(C(NN)c2cc(C)cnc2N)cc1OC. The smallest absolute Gasteiger partial charge is 0.161 e. The minimum atomic E-state index is -0.280. The van der Waals surface area contributed by atoms with Crippen LogP contribution in [0.25, 0.3) is 0 Å². The van der Waals surface area contributed by atoms with Crippen LogP contribution >= 0.6 is 0 Å². The van der Waals surface area contributed by atoms with Gasteiger partial charge in [-0.15, -0.1) is 0 Å². The number of methoxy groups -OCH3 is 2. The molecule has 0 saturated heterocycles. The quantitative estimate of drug-likeness (QED) is 0.570. The summed E-state index contributed by atoms with van der Waals surface area (Å²) in [6.45, 7) is 1.96. The number of nitrogens with one attached hydrogen (secondary N) is 1. The third kappa shape index (κ3) is 3.07. The van der Waals surface area contributed by atoms with E-state index < -0.39 is 0 Å². The van der Waals surface area contributed by atoms with Crippen LogP contribution in [-0.4, -0.2) is 19.2 Å². The first-order valence-corrected chi connectivity index (χ1v) is 6.50. The predicted molar refractivity (Wildman–Crippen MR) is 82.1 cm³/mol. The molecule has 0 aliphatic carbocycles. The molecule has 6 nitrogen and oxygen atoms in total. The Morgan fingerprint density at radius 2 is 1.86 bits per heavy atom. The highest BCUT2D eigenvalue weighted by molar-refractivity contribution is 5.50. The lowest BCUT2D eigenvalue weighted by Crippen LogP contribution is -2.29. The van der Waals surface area contributed by atoms with Gasteiger partial charge in [-0.2, -0.15) is 0 Å². The summed E-state index contributed by atoms with van der Waals surface area (Å²) in [5.74, 6) is 7.45. The number of benzene rings is 1. The van der Waals surface area contributed by atoms with Gasteiger partial charge < -0.3 is 15.2 Å². The number of aryl methyl sites for hydroxylation is 1. The fraction of sp³-hybridized carbons (Fsp3) is 0.267. The Hall–Kier alpha value is -2.31. The molecular formula is C15H20N4O2. The molecule has 0 aliphatic rings. The number of nitrogen functional groups attached to an aromatic ring is 1. The molecule has 1 atom stereocenters. The van der Waals surface area contributed by atoms with Crippen LogP contribution < -0.4 is 26.5 Å². The lowest BCUT2D eigenvalue weighted by Gasteiger charge is -2.20. The zero-order valence-corrected chi connectivity index (χ0v) is 12.4. The number of nitrogens with zero attached hydrogens (tertiary/aromatic N) is 1. The van der Waals surface area contributed by atoms with E-state index in [9.17, 15) is 0 Å². The van der Waals surface area contributed by atoms with Gasteiger partial charge in [0, 0.05) is 11.8 Å². The number of ether oxygens (including phenoxy) is 2. The van der Waals surface area contributed by atoms with Gasteiger partial charge in [0.25, 0.3) is 0 Å². The van der Waals surface area contributed by atoms with Crippen LogP contribution in [0, 0.1) is 6.92 Å². The fourth-order valence-corrected chi connectivity index (χ4v) is 2.23. The third-order valence-electron chi connectivity index (χ3n) is 3.30. The van der Waals surface area contributed by atoms with E-state index in [0.717, 1.165) is 16.7 Å². The molecule has 1 aromatic heterocycles. The van der Waals surface area contributed by atoms with Crippen molar-refractivity contribution in [2.24, 2.45) is 5.84 Å². The molecule has 0 saturated carbocycles. The van der Waals surface area contributed by atoms with Crippen LogP contribution in [-0.2, 0) is 0 Å². The molecule has 21 heavy (non-hydrogen) atoms. The molecule has 2 rings (SSSR count). The van der Waals surface area contributed by atoms with Crippen molar-refractivity contribution in [3.63, 3.8) is 0 Å². The maximum atomic E-state index is 5.97. The number of pyridine rings is 1. The van der Waals surface area contributed by atoms with Gasteiger partial charge >= 0.3 is 0 Å². The monoisotopic (exact) mass is 288 g/mol. The van der Waals surface area contributed by atoms with Crippen LogP contribution in [0.15, 0.2) is 30.5 Å². The first-order valence-electron chi connectivity index (χ1n) is 6.50. The van der Waals surface area contributed by atoms with E-state index >= 15 is 0 Å². The average Bonchev–Trinajstić information content (AvgIpc) is 2.51. The number of nitrogens with two attached hydrogens (primary N) is 2. The van der Waals surface area contributed by atoms with Crippen LogP contribution in [0.4, 0.5) is 5.82 Å². The van der Waals surface area contributed by atoms with Gasteiger partial charge in [-0.1, -0.05) is 6.07 Å². The Bertz CT molecular complexity index is 631. The molecule has 0 bridgehead atoms. The molecule has 0 fully saturated rings. The number of anilines is 1. The highest BCUT2D eigenvalue weighted by Gasteiger charge is 2.18. The molecule has 0 aliphatic heterocycles. The van der Waals surface area contributed by atoms with Crippen molar-refractivity contribution in [2.45, 2.75) is 13.0 Å². The molecule has 1 heterocycles. The number of hydrogen-bond acceptors (Lipinski definition) is 6. The van der Waals surface area contributed by atoms with E-state index in [-0.39, 0.29) is 6.04 Å². The van der Waals surface area contributed by atoms with Gasteiger partial charge in [0.05, 0.1) is 20.3 Å².